The molecular weight excluding hydrogens is 406 g/mol. The normalized spacial score (nSPS) is 12.4. The highest BCUT2D eigenvalue weighted by atomic mass is 79.9. The van der Waals surface area contributed by atoms with E-state index in [1.807, 2.05) is 12.1 Å². The van der Waals surface area contributed by atoms with Gasteiger partial charge in [-0.1, -0.05) is 44.0 Å². The molecule has 0 bridgehead atoms. The highest BCUT2D eigenvalue weighted by Gasteiger charge is 2.12. The Balaban J connectivity index is 2.08. The molecule has 0 radical (unpaired) electrons. The zero-order valence-corrected chi connectivity index (χ0v) is 14.7. The van der Waals surface area contributed by atoms with Crippen molar-refractivity contribution in [2.75, 3.05) is 5.88 Å². The third-order valence-corrected chi connectivity index (χ3v) is 4.91. The molecular formula is C16H14Br2ClF. The van der Waals surface area contributed by atoms with E-state index in [4.69, 9.17) is 11.6 Å². The largest absolute Gasteiger partial charge is 0.207 e. The third-order valence-electron chi connectivity index (χ3n) is 3.17. The molecule has 0 heterocycles. The number of benzene rings is 2. The number of halogens is 4. The van der Waals surface area contributed by atoms with Crippen molar-refractivity contribution in [2.45, 2.75) is 12.8 Å². The van der Waals surface area contributed by atoms with Crippen LogP contribution >= 0.6 is 43.5 Å². The monoisotopic (exact) mass is 418 g/mol. The SMILES string of the molecule is Fc1ccc(Br)c(CC(CCl)Cc2ccc(Br)cc2)c1. The van der Waals surface area contributed by atoms with Gasteiger partial charge in [-0.2, -0.15) is 0 Å². The molecule has 0 amide bonds. The minimum atomic E-state index is -0.208. The van der Waals surface area contributed by atoms with Crippen LogP contribution < -0.4 is 0 Å². The van der Waals surface area contributed by atoms with Crippen molar-refractivity contribution in [2.24, 2.45) is 5.92 Å². The lowest BCUT2D eigenvalue weighted by atomic mass is 9.94. The fourth-order valence-corrected chi connectivity index (χ4v) is 3.04. The summed E-state index contributed by atoms with van der Waals surface area (Å²) >= 11 is 13.0. The summed E-state index contributed by atoms with van der Waals surface area (Å²) < 4.78 is 15.3. The van der Waals surface area contributed by atoms with Gasteiger partial charge in [0.1, 0.15) is 5.82 Å². The van der Waals surface area contributed by atoms with Gasteiger partial charge < -0.3 is 0 Å². The van der Waals surface area contributed by atoms with Crippen molar-refractivity contribution >= 4 is 43.5 Å². The number of alkyl halides is 1. The van der Waals surface area contributed by atoms with Gasteiger partial charge in [0.15, 0.2) is 0 Å². The maximum absolute atomic E-state index is 13.3. The van der Waals surface area contributed by atoms with Gasteiger partial charge in [0.2, 0.25) is 0 Å². The first kappa shape index (κ1) is 16.0. The van der Waals surface area contributed by atoms with Crippen LogP contribution in [0.25, 0.3) is 0 Å². The quantitative estimate of drug-likeness (QED) is 0.521. The van der Waals surface area contributed by atoms with E-state index in [0.29, 0.717) is 5.88 Å². The summed E-state index contributed by atoms with van der Waals surface area (Å²) in [6.45, 7) is 0. The summed E-state index contributed by atoms with van der Waals surface area (Å²) in [5.41, 5.74) is 2.21. The number of rotatable bonds is 5. The number of hydrogen-bond donors (Lipinski definition) is 0. The van der Waals surface area contributed by atoms with Crippen LogP contribution in [0.15, 0.2) is 51.4 Å². The fraction of sp³-hybridized carbons (Fsp3) is 0.250. The predicted molar refractivity (Wildman–Crippen MR) is 89.9 cm³/mol. The second-order valence-electron chi connectivity index (χ2n) is 4.79. The van der Waals surface area contributed by atoms with Crippen LogP contribution in [-0.4, -0.2) is 5.88 Å². The Morgan fingerprint density at radius 3 is 2.35 bits per heavy atom. The molecule has 106 valence electrons. The molecule has 4 heteroatoms. The standard InChI is InChI=1S/C16H14Br2ClF/c17-14-3-1-11(2-4-14)7-12(10-19)8-13-9-15(20)5-6-16(13)18/h1-6,9,12H,7-8,10H2. The van der Waals surface area contributed by atoms with Crippen molar-refractivity contribution in [3.63, 3.8) is 0 Å². The first-order valence-corrected chi connectivity index (χ1v) is 8.45. The second kappa shape index (κ2) is 7.58. The molecule has 0 saturated carbocycles. The van der Waals surface area contributed by atoms with Gasteiger partial charge in [-0.05, 0) is 60.2 Å². The van der Waals surface area contributed by atoms with Gasteiger partial charge >= 0.3 is 0 Å². The van der Waals surface area contributed by atoms with Gasteiger partial charge in [-0.3, -0.25) is 0 Å². The molecule has 2 aromatic carbocycles. The average Bonchev–Trinajstić information content (AvgIpc) is 2.44. The lowest BCUT2D eigenvalue weighted by molar-refractivity contribution is 0.575. The predicted octanol–water partition coefficient (Wildman–Crippen LogP) is 5.99. The molecule has 1 unspecified atom stereocenters. The highest BCUT2D eigenvalue weighted by molar-refractivity contribution is 9.10. The van der Waals surface area contributed by atoms with E-state index < -0.39 is 0 Å². The van der Waals surface area contributed by atoms with Crippen LogP contribution in [0.2, 0.25) is 0 Å². The first-order chi connectivity index (χ1) is 9.58. The maximum atomic E-state index is 13.3. The van der Waals surface area contributed by atoms with Crippen LogP contribution in [0.4, 0.5) is 4.39 Å². The van der Waals surface area contributed by atoms with E-state index in [2.05, 4.69) is 44.0 Å². The zero-order chi connectivity index (χ0) is 14.5. The van der Waals surface area contributed by atoms with Crippen molar-refractivity contribution in [1.82, 2.24) is 0 Å². The molecule has 0 fully saturated rings. The van der Waals surface area contributed by atoms with Gasteiger partial charge in [-0.15, -0.1) is 11.6 Å². The van der Waals surface area contributed by atoms with E-state index in [1.165, 1.54) is 11.6 Å². The smallest absolute Gasteiger partial charge is 0.123 e. The van der Waals surface area contributed by atoms with Crippen molar-refractivity contribution in [1.29, 1.82) is 0 Å². The molecule has 1 atom stereocenters. The first-order valence-electron chi connectivity index (χ1n) is 6.33. The van der Waals surface area contributed by atoms with Gasteiger partial charge in [-0.25, -0.2) is 4.39 Å². The Labute approximate surface area is 140 Å². The van der Waals surface area contributed by atoms with Crippen LogP contribution in [0, 0.1) is 11.7 Å². The van der Waals surface area contributed by atoms with Crippen molar-refractivity contribution in [3.8, 4) is 0 Å². The van der Waals surface area contributed by atoms with E-state index in [0.717, 1.165) is 27.4 Å². The topological polar surface area (TPSA) is 0 Å². The molecule has 20 heavy (non-hydrogen) atoms. The lowest BCUT2D eigenvalue weighted by Gasteiger charge is -2.15. The lowest BCUT2D eigenvalue weighted by Crippen LogP contribution is -2.10. The highest BCUT2D eigenvalue weighted by Crippen LogP contribution is 2.24. The minimum Gasteiger partial charge on any atom is -0.207 e. The molecule has 0 N–H and O–H groups in total. The summed E-state index contributed by atoms with van der Waals surface area (Å²) in [7, 11) is 0. The maximum Gasteiger partial charge on any atom is 0.123 e. The Bertz CT molecular complexity index is 569. The Kier molecular flexibility index (Phi) is 6.06. The van der Waals surface area contributed by atoms with Crippen LogP contribution in [0.5, 0.6) is 0 Å². The van der Waals surface area contributed by atoms with Crippen LogP contribution in [-0.2, 0) is 12.8 Å². The summed E-state index contributed by atoms with van der Waals surface area (Å²) in [5.74, 6) is 0.634. The summed E-state index contributed by atoms with van der Waals surface area (Å²) in [6.07, 6.45) is 1.65. The molecule has 0 saturated heterocycles. The van der Waals surface area contributed by atoms with Gasteiger partial charge in [0, 0.05) is 14.8 Å². The van der Waals surface area contributed by atoms with E-state index in [-0.39, 0.29) is 11.7 Å². The van der Waals surface area contributed by atoms with Gasteiger partial charge in [0.25, 0.3) is 0 Å². The summed E-state index contributed by atoms with van der Waals surface area (Å²) in [4.78, 5) is 0. The van der Waals surface area contributed by atoms with Crippen LogP contribution in [0.3, 0.4) is 0 Å². The minimum absolute atomic E-state index is 0.208. The fourth-order valence-electron chi connectivity index (χ4n) is 2.15. The van der Waals surface area contributed by atoms with Crippen LogP contribution in [0.1, 0.15) is 11.1 Å². The molecule has 0 nitrogen and oxygen atoms in total. The Morgan fingerprint density at radius 1 is 1.00 bits per heavy atom. The van der Waals surface area contributed by atoms with E-state index >= 15 is 0 Å². The summed E-state index contributed by atoms with van der Waals surface area (Å²) in [5, 5.41) is 0. The molecule has 2 aromatic rings. The molecule has 0 aromatic heterocycles. The molecule has 2 rings (SSSR count). The van der Waals surface area contributed by atoms with Crippen molar-refractivity contribution in [3.05, 3.63) is 68.4 Å². The van der Waals surface area contributed by atoms with Crippen molar-refractivity contribution < 1.29 is 4.39 Å². The third kappa shape index (κ3) is 4.57. The molecule has 0 spiro atoms. The number of hydrogen-bond acceptors (Lipinski definition) is 0. The Morgan fingerprint density at radius 2 is 1.70 bits per heavy atom. The Hall–Kier alpha value is -0.380. The summed E-state index contributed by atoms with van der Waals surface area (Å²) in [6, 6.07) is 13.0. The van der Waals surface area contributed by atoms with Gasteiger partial charge in [0.05, 0.1) is 0 Å². The second-order valence-corrected chi connectivity index (χ2v) is 6.87. The average molecular weight is 421 g/mol. The van der Waals surface area contributed by atoms with E-state index in [1.54, 1.807) is 12.1 Å². The molecule has 0 aliphatic rings. The molecule has 0 aliphatic carbocycles. The van der Waals surface area contributed by atoms with E-state index in [9.17, 15) is 4.39 Å². The zero-order valence-electron chi connectivity index (χ0n) is 10.8. The molecule has 0 aliphatic heterocycles.